The molecule has 122 valence electrons. The molecule has 1 aliphatic heterocycles. The molecular formula is C14H18N6O2S. The van der Waals surface area contributed by atoms with Crippen LogP contribution in [0.15, 0.2) is 28.1 Å². The third-order valence-electron chi connectivity index (χ3n) is 3.46. The maximum Gasteiger partial charge on any atom is 0.277 e. The second-order valence-corrected chi connectivity index (χ2v) is 6.20. The van der Waals surface area contributed by atoms with E-state index in [9.17, 15) is 4.79 Å². The molecule has 2 aromatic heterocycles. The Morgan fingerprint density at radius 1 is 1.43 bits per heavy atom. The lowest BCUT2D eigenvalue weighted by Gasteiger charge is -2.33. The first-order valence-electron chi connectivity index (χ1n) is 7.45. The summed E-state index contributed by atoms with van der Waals surface area (Å²) in [5, 5.41) is 11.1. The van der Waals surface area contributed by atoms with Gasteiger partial charge in [0.05, 0.1) is 5.75 Å². The van der Waals surface area contributed by atoms with Crippen molar-refractivity contribution in [2.45, 2.75) is 31.0 Å². The average Bonchev–Trinajstić information content (AvgIpc) is 3.00. The first kappa shape index (κ1) is 15.7. The molecule has 1 aliphatic rings. The van der Waals surface area contributed by atoms with Gasteiger partial charge >= 0.3 is 0 Å². The monoisotopic (exact) mass is 334 g/mol. The summed E-state index contributed by atoms with van der Waals surface area (Å²) in [5.41, 5.74) is 0. The summed E-state index contributed by atoms with van der Waals surface area (Å²) in [4.78, 5) is 22.7. The molecule has 0 bridgehead atoms. The minimum absolute atomic E-state index is 0.0355. The molecule has 8 nitrogen and oxygen atoms in total. The van der Waals surface area contributed by atoms with Crippen molar-refractivity contribution < 1.29 is 9.21 Å². The number of carbonyl (C=O) groups is 1. The molecule has 1 fully saturated rings. The molecular weight excluding hydrogens is 316 g/mol. The van der Waals surface area contributed by atoms with E-state index in [0.29, 0.717) is 17.1 Å². The van der Waals surface area contributed by atoms with Gasteiger partial charge in [-0.05, 0) is 18.9 Å². The van der Waals surface area contributed by atoms with Gasteiger partial charge in [-0.3, -0.25) is 4.79 Å². The third kappa shape index (κ3) is 4.41. The van der Waals surface area contributed by atoms with Gasteiger partial charge in [0.1, 0.15) is 0 Å². The number of thioether (sulfide) groups is 1. The highest BCUT2D eigenvalue weighted by atomic mass is 32.2. The Balaban J connectivity index is 1.48. The Morgan fingerprint density at radius 2 is 2.26 bits per heavy atom. The summed E-state index contributed by atoms with van der Waals surface area (Å²) in [5.74, 6) is 1.44. The van der Waals surface area contributed by atoms with Gasteiger partial charge in [-0.1, -0.05) is 11.8 Å². The number of piperidine rings is 1. The first-order chi connectivity index (χ1) is 11.2. The largest absolute Gasteiger partial charge is 0.416 e. The summed E-state index contributed by atoms with van der Waals surface area (Å²) in [7, 11) is 0. The van der Waals surface area contributed by atoms with Crippen molar-refractivity contribution in [3.8, 4) is 0 Å². The number of nitrogens with zero attached hydrogens (tertiary/aromatic N) is 5. The molecule has 23 heavy (non-hydrogen) atoms. The number of anilines is 1. The van der Waals surface area contributed by atoms with Crippen LogP contribution in [0, 0.1) is 6.92 Å². The molecule has 3 heterocycles. The molecule has 0 radical (unpaired) electrons. The average molecular weight is 334 g/mol. The molecule has 0 unspecified atom stereocenters. The Bertz CT molecular complexity index is 650. The van der Waals surface area contributed by atoms with Crippen molar-refractivity contribution in [1.82, 2.24) is 25.5 Å². The van der Waals surface area contributed by atoms with Gasteiger partial charge in [-0.25, -0.2) is 9.97 Å². The SMILES string of the molecule is Cc1nnc(SCC(=O)N[C@H]2CCCN(c3ncccn3)C2)o1. The van der Waals surface area contributed by atoms with Crippen LogP contribution in [0.1, 0.15) is 18.7 Å². The van der Waals surface area contributed by atoms with Crippen LogP contribution in [0.2, 0.25) is 0 Å². The van der Waals surface area contributed by atoms with Gasteiger partial charge in [0.15, 0.2) is 0 Å². The number of aromatic nitrogens is 4. The van der Waals surface area contributed by atoms with Crippen LogP contribution >= 0.6 is 11.8 Å². The molecule has 9 heteroatoms. The highest BCUT2D eigenvalue weighted by molar-refractivity contribution is 7.99. The van der Waals surface area contributed by atoms with E-state index in [1.807, 2.05) is 0 Å². The van der Waals surface area contributed by atoms with E-state index in [4.69, 9.17) is 4.42 Å². The van der Waals surface area contributed by atoms with Gasteiger partial charge in [-0.15, -0.1) is 10.2 Å². The maximum absolute atomic E-state index is 12.1. The van der Waals surface area contributed by atoms with Crippen molar-refractivity contribution in [1.29, 1.82) is 0 Å². The van der Waals surface area contributed by atoms with Crippen molar-refractivity contribution in [2.75, 3.05) is 23.7 Å². The second kappa shape index (κ2) is 7.40. The van der Waals surface area contributed by atoms with E-state index in [1.165, 1.54) is 11.8 Å². The van der Waals surface area contributed by atoms with E-state index in [-0.39, 0.29) is 17.7 Å². The molecule has 3 rings (SSSR count). The van der Waals surface area contributed by atoms with Gasteiger partial charge < -0.3 is 14.6 Å². The Labute approximate surface area is 138 Å². The molecule has 0 aliphatic carbocycles. The summed E-state index contributed by atoms with van der Waals surface area (Å²) < 4.78 is 5.23. The normalized spacial score (nSPS) is 18.0. The van der Waals surface area contributed by atoms with Gasteiger partial charge in [0.25, 0.3) is 5.22 Å². The fraction of sp³-hybridized carbons (Fsp3) is 0.500. The van der Waals surface area contributed by atoms with Crippen LogP contribution in [0.5, 0.6) is 0 Å². The van der Waals surface area contributed by atoms with E-state index >= 15 is 0 Å². The lowest BCUT2D eigenvalue weighted by molar-refractivity contribution is -0.119. The minimum Gasteiger partial charge on any atom is -0.416 e. The number of amides is 1. The van der Waals surface area contributed by atoms with Crippen molar-refractivity contribution in [3.05, 3.63) is 24.4 Å². The van der Waals surface area contributed by atoms with Gasteiger partial charge in [-0.2, -0.15) is 0 Å². The van der Waals surface area contributed by atoms with Crippen LogP contribution in [0.3, 0.4) is 0 Å². The summed E-state index contributed by atoms with van der Waals surface area (Å²) >= 11 is 1.24. The number of nitrogens with one attached hydrogen (secondary N) is 1. The van der Waals surface area contributed by atoms with E-state index in [2.05, 4.69) is 30.4 Å². The molecule has 0 spiro atoms. The topological polar surface area (TPSA) is 97.0 Å². The lowest BCUT2D eigenvalue weighted by atomic mass is 10.1. The Kier molecular flexibility index (Phi) is 5.06. The predicted octanol–water partition coefficient (Wildman–Crippen LogP) is 1.05. The quantitative estimate of drug-likeness (QED) is 0.810. The Morgan fingerprint density at radius 3 is 3.00 bits per heavy atom. The van der Waals surface area contributed by atoms with Crippen LogP contribution in [0.25, 0.3) is 0 Å². The van der Waals surface area contributed by atoms with Crippen molar-refractivity contribution in [3.63, 3.8) is 0 Å². The third-order valence-corrected chi connectivity index (χ3v) is 4.27. The molecule has 1 atom stereocenters. The molecule has 0 saturated carbocycles. The lowest BCUT2D eigenvalue weighted by Crippen LogP contribution is -2.48. The van der Waals surface area contributed by atoms with Crippen molar-refractivity contribution in [2.24, 2.45) is 0 Å². The second-order valence-electron chi connectivity index (χ2n) is 5.28. The van der Waals surface area contributed by atoms with E-state index < -0.39 is 0 Å². The molecule has 1 saturated heterocycles. The Hall–Kier alpha value is -2.16. The number of aryl methyl sites for hydroxylation is 1. The van der Waals surface area contributed by atoms with Crippen molar-refractivity contribution >= 4 is 23.6 Å². The number of hydrogen-bond acceptors (Lipinski definition) is 8. The highest BCUT2D eigenvalue weighted by Gasteiger charge is 2.23. The van der Waals surface area contributed by atoms with Crippen LogP contribution in [0.4, 0.5) is 5.95 Å². The fourth-order valence-electron chi connectivity index (χ4n) is 2.46. The van der Waals surface area contributed by atoms with Gasteiger partial charge in [0.2, 0.25) is 17.7 Å². The van der Waals surface area contributed by atoms with E-state index in [0.717, 1.165) is 25.9 Å². The predicted molar refractivity (Wildman–Crippen MR) is 85.2 cm³/mol. The summed E-state index contributed by atoms with van der Waals surface area (Å²) in [6.07, 6.45) is 5.42. The summed E-state index contributed by atoms with van der Waals surface area (Å²) in [6.45, 7) is 3.35. The molecule has 2 aromatic rings. The first-order valence-corrected chi connectivity index (χ1v) is 8.43. The van der Waals surface area contributed by atoms with Gasteiger partial charge in [0, 0.05) is 38.4 Å². The highest BCUT2D eigenvalue weighted by Crippen LogP contribution is 2.17. The zero-order valence-electron chi connectivity index (χ0n) is 12.8. The van der Waals surface area contributed by atoms with E-state index in [1.54, 1.807) is 25.4 Å². The zero-order chi connectivity index (χ0) is 16.1. The zero-order valence-corrected chi connectivity index (χ0v) is 13.6. The van der Waals surface area contributed by atoms with Crippen LogP contribution in [-0.2, 0) is 4.79 Å². The molecule has 1 amide bonds. The summed E-state index contributed by atoms with van der Waals surface area (Å²) in [6, 6.07) is 1.90. The smallest absolute Gasteiger partial charge is 0.277 e. The maximum atomic E-state index is 12.1. The number of carbonyl (C=O) groups excluding carboxylic acids is 1. The van der Waals surface area contributed by atoms with Crippen LogP contribution < -0.4 is 10.2 Å². The molecule has 1 N–H and O–H groups in total. The van der Waals surface area contributed by atoms with Crippen LogP contribution in [-0.4, -0.2) is 51.0 Å². The molecule has 0 aromatic carbocycles. The number of hydrogen-bond donors (Lipinski definition) is 1. The fourth-order valence-corrected chi connectivity index (χ4v) is 3.08. The minimum atomic E-state index is -0.0355. The standard InChI is InChI=1S/C14H18N6O2S/c1-10-18-19-14(22-10)23-9-12(21)17-11-4-2-7-20(8-11)13-15-5-3-6-16-13/h3,5-6,11H,2,4,7-9H2,1H3,(H,17,21)/t11-/m0/s1. The number of rotatable bonds is 5.